The number of benzene rings is 2. The molecule has 2 aromatic heterocycles. The van der Waals surface area contributed by atoms with Gasteiger partial charge in [-0.3, -0.25) is 4.79 Å². The number of nitrogens with two attached hydrogens (primary N) is 1. The van der Waals surface area contributed by atoms with Gasteiger partial charge in [0, 0.05) is 19.9 Å². The predicted octanol–water partition coefficient (Wildman–Crippen LogP) is 7.20. The van der Waals surface area contributed by atoms with Gasteiger partial charge < -0.3 is 11.1 Å². The maximum absolute atomic E-state index is 13.1. The Morgan fingerprint density at radius 2 is 1.77 bits per heavy atom. The summed E-state index contributed by atoms with van der Waals surface area (Å²) in [6, 6.07) is 15.9. The summed E-state index contributed by atoms with van der Waals surface area (Å²) < 4.78 is 1.74. The Labute approximate surface area is 201 Å². The van der Waals surface area contributed by atoms with Crippen LogP contribution in [-0.2, 0) is 12.8 Å². The monoisotopic (exact) mass is 555 g/mol. The molecule has 0 aliphatic heterocycles. The van der Waals surface area contributed by atoms with E-state index in [0.29, 0.717) is 16.3 Å². The van der Waals surface area contributed by atoms with E-state index in [1.807, 2.05) is 36.4 Å². The third kappa shape index (κ3) is 3.79. The highest BCUT2D eigenvalue weighted by Crippen LogP contribution is 2.42. The molecule has 0 fully saturated rings. The van der Waals surface area contributed by atoms with E-state index in [4.69, 9.17) is 10.7 Å². The van der Waals surface area contributed by atoms with E-state index in [9.17, 15) is 4.79 Å². The van der Waals surface area contributed by atoms with Crippen LogP contribution >= 0.6 is 43.2 Å². The summed E-state index contributed by atoms with van der Waals surface area (Å²) in [5, 5.41) is 3.94. The topological polar surface area (TPSA) is 68.0 Å². The van der Waals surface area contributed by atoms with Crippen molar-refractivity contribution >= 4 is 70.7 Å². The number of rotatable bonds is 3. The van der Waals surface area contributed by atoms with Crippen LogP contribution in [0.3, 0.4) is 0 Å². The number of carbonyl (C=O) groups is 1. The molecular formula is C24H19Br2N3OS. The third-order valence-corrected chi connectivity index (χ3v) is 7.88. The lowest BCUT2D eigenvalue weighted by Gasteiger charge is -2.20. The zero-order valence-corrected chi connectivity index (χ0v) is 20.5. The summed E-state index contributed by atoms with van der Waals surface area (Å²) in [5.41, 5.74) is 12.5. The molecular weight excluding hydrogens is 538 g/mol. The standard InChI is InChI=1S/C24H19Br2N3OS/c25-14-10-11-18(17(26)12-14)28-23(30)22-20(27)19-15-8-4-5-9-16(15)21(29-24(19)31-22)13-6-2-1-3-7-13/h1-3,6-7,10-12H,4-5,8-9,27H2,(H,28,30). The van der Waals surface area contributed by atoms with Crippen molar-refractivity contribution < 1.29 is 4.79 Å². The maximum atomic E-state index is 13.1. The van der Waals surface area contributed by atoms with Crippen LogP contribution in [0.1, 0.15) is 33.6 Å². The molecule has 0 atom stereocenters. The van der Waals surface area contributed by atoms with Gasteiger partial charge in [-0.05, 0) is 70.9 Å². The number of fused-ring (bicyclic) bond motifs is 3. The van der Waals surface area contributed by atoms with Crippen molar-refractivity contribution in [3.63, 3.8) is 0 Å². The summed E-state index contributed by atoms with van der Waals surface area (Å²) in [6.07, 6.45) is 4.23. The van der Waals surface area contributed by atoms with E-state index in [1.165, 1.54) is 22.5 Å². The lowest BCUT2D eigenvalue weighted by molar-refractivity contribution is 0.103. The molecule has 0 unspecified atom stereocenters. The van der Waals surface area contributed by atoms with Gasteiger partial charge in [0.05, 0.1) is 17.1 Å². The number of pyridine rings is 1. The molecule has 0 radical (unpaired) electrons. The third-order valence-electron chi connectivity index (χ3n) is 5.63. The van der Waals surface area contributed by atoms with Crippen molar-refractivity contribution in [3.8, 4) is 11.3 Å². The number of aromatic nitrogens is 1. The van der Waals surface area contributed by atoms with Gasteiger partial charge in [-0.25, -0.2) is 4.98 Å². The SMILES string of the molecule is Nc1c(C(=O)Nc2ccc(Br)cc2Br)sc2nc(-c3ccccc3)c3c(c12)CCCC3. The van der Waals surface area contributed by atoms with Crippen LogP contribution in [0.2, 0.25) is 0 Å². The van der Waals surface area contributed by atoms with Gasteiger partial charge in [0.25, 0.3) is 5.91 Å². The number of nitrogens with zero attached hydrogens (tertiary/aromatic N) is 1. The second-order valence-electron chi connectivity index (χ2n) is 7.59. The highest BCUT2D eigenvalue weighted by atomic mass is 79.9. The molecule has 156 valence electrons. The number of halogens is 2. The van der Waals surface area contributed by atoms with Crippen LogP contribution in [0.15, 0.2) is 57.5 Å². The molecule has 4 aromatic rings. The molecule has 1 amide bonds. The zero-order chi connectivity index (χ0) is 21.5. The second kappa shape index (κ2) is 8.37. The molecule has 5 rings (SSSR count). The van der Waals surface area contributed by atoms with Crippen molar-refractivity contribution in [2.75, 3.05) is 11.1 Å². The molecule has 2 aromatic carbocycles. The first-order valence-corrected chi connectivity index (χ1v) is 12.5. The Kier molecular flexibility index (Phi) is 5.58. The average Bonchev–Trinajstić information content (AvgIpc) is 3.12. The first-order valence-electron chi connectivity index (χ1n) is 10.1. The van der Waals surface area contributed by atoms with E-state index in [2.05, 4.69) is 49.3 Å². The summed E-state index contributed by atoms with van der Waals surface area (Å²) >= 11 is 8.30. The number of hydrogen-bond acceptors (Lipinski definition) is 4. The first kappa shape index (κ1) is 20.7. The smallest absolute Gasteiger partial charge is 0.267 e. The van der Waals surface area contributed by atoms with Crippen molar-refractivity contribution in [2.45, 2.75) is 25.7 Å². The number of anilines is 2. The molecule has 0 bridgehead atoms. The highest BCUT2D eigenvalue weighted by Gasteiger charge is 2.25. The molecule has 3 N–H and O–H groups in total. The number of thiophene rings is 1. The summed E-state index contributed by atoms with van der Waals surface area (Å²) in [4.78, 5) is 19.5. The summed E-state index contributed by atoms with van der Waals surface area (Å²) in [7, 11) is 0. The van der Waals surface area contributed by atoms with E-state index < -0.39 is 0 Å². The van der Waals surface area contributed by atoms with Gasteiger partial charge in [0.2, 0.25) is 0 Å². The van der Waals surface area contributed by atoms with E-state index in [0.717, 1.165) is 56.1 Å². The van der Waals surface area contributed by atoms with E-state index in [1.54, 1.807) is 0 Å². The number of nitrogens with one attached hydrogen (secondary N) is 1. The lowest BCUT2D eigenvalue weighted by Crippen LogP contribution is -2.12. The van der Waals surface area contributed by atoms with Gasteiger partial charge in [-0.2, -0.15) is 0 Å². The van der Waals surface area contributed by atoms with E-state index >= 15 is 0 Å². The van der Waals surface area contributed by atoms with Gasteiger partial charge >= 0.3 is 0 Å². The number of carbonyl (C=O) groups excluding carboxylic acids is 1. The molecule has 0 spiro atoms. The second-order valence-corrected chi connectivity index (χ2v) is 10.4. The van der Waals surface area contributed by atoms with Crippen LogP contribution in [0.25, 0.3) is 21.5 Å². The van der Waals surface area contributed by atoms with Crippen LogP contribution < -0.4 is 11.1 Å². The Hall–Kier alpha value is -2.22. The largest absolute Gasteiger partial charge is 0.397 e. The van der Waals surface area contributed by atoms with Crippen LogP contribution in [-0.4, -0.2) is 10.9 Å². The van der Waals surface area contributed by atoms with Crippen molar-refractivity contribution in [3.05, 3.63) is 73.5 Å². The molecule has 4 nitrogen and oxygen atoms in total. The number of hydrogen-bond donors (Lipinski definition) is 2. The van der Waals surface area contributed by atoms with Crippen LogP contribution in [0.5, 0.6) is 0 Å². The molecule has 2 heterocycles. The summed E-state index contributed by atoms with van der Waals surface area (Å²) in [6.45, 7) is 0. The predicted molar refractivity (Wildman–Crippen MR) is 136 cm³/mol. The Morgan fingerprint density at radius 3 is 2.52 bits per heavy atom. The minimum absolute atomic E-state index is 0.214. The fourth-order valence-corrected chi connectivity index (χ4v) is 6.35. The van der Waals surface area contributed by atoms with Crippen LogP contribution in [0.4, 0.5) is 11.4 Å². The lowest BCUT2D eigenvalue weighted by atomic mass is 9.87. The van der Waals surface area contributed by atoms with Crippen LogP contribution in [0, 0.1) is 0 Å². The quantitative estimate of drug-likeness (QED) is 0.280. The highest BCUT2D eigenvalue weighted by molar-refractivity contribution is 9.11. The maximum Gasteiger partial charge on any atom is 0.267 e. The molecule has 7 heteroatoms. The molecule has 1 aliphatic rings. The van der Waals surface area contributed by atoms with Gasteiger partial charge in [0.15, 0.2) is 0 Å². The van der Waals surface area contributed by atoms with Crippen molar-refractivity contribution in [1.82, 2.24) is 4.98 Å². The van der Waals surface area contributed by atoms with E-state index in [-0.39, 0.29) is 5.91 Å². The van der Waals surface area contributed by atoms with Crippen molar-refractivity contribution in [1.29, 1.82) is 0 Å². The molecule has 0 saturated carbocycles. The van der Waals surface area contributed by atoms with Crippen molar-refractivity contribution in [2.24, 2.45) is 0 Å². The number of nitrogen functional groups attached to an aromatic ring is 1. The minimum Gasteiger partial charge on any atom is -0.397 e. The number of aryl methyl sites for hydroxylation is 1. The zero-order valence-electron chi connectivity index (χ0n) is 16.5. The fraction of sp³-hybridized carbons (Fsp3) is 0.167. The molecule has 1 aliphatic carbocycles. The molecule has 31 heavy (non-hydrogen) atoms. The fourth-order valence-electron chi connectivity index (χ4n) is 4.19. The Bertz CT molecular complexity index is 1320. The average molecular weight is 557 g/mol. The first-order chi connectivity index (χ1) is 15.0. The normalized spacial score (nSPS) is 13.2. The summed E-state index contributed by atoms with van der Waals surface area (Å²) in [5.74, 6) is -0.214. The minimum atomic E-state index is -0.214. The molecule has 0 saturated heterocycles. The van der Waals surface area contributed by atoms with Gasteiger partial charge in [0.1, 0.15) is 9.71 Å². The van der Waals surface area contributed by atoms with Gasteiger partial charge in [-0.15, -0.1) is 11.3 Å². The Morgan fingerprint density at radius 1 is 1.03 bits per heavy atom. The number of amides is 1. The van der Waals surface area contributed by atoms with Gasteiger partial charge in [-0.1, -0.05) is 46.3 Å². The Balaban J connectivity index is 1.63.